The number of thiophene rings is 1. The number of benzene rings is 1. The number of anilines is 2. The number of nitrogens with two attached hydrogens (primary N) is 1. The zero-order valence-electron chi connectivity index (χ0n) is 16.7. The Labute approximate surface area is 188 Å². The van der Waals surface area contributed by atoms with Crippen LogP contribution >= 0.6 is 23.1 Å². The first-order valence-electron chi connectivity index (χ1n) is 9.41. The lowest BCUT2D eigenvalue weighted by Crippen LogP contribution is -2.13. The highest BCUT2D eigenvalue weighted by Crippen LogP contribution is 2.37. The Kier molecular flexibility index (Phi) is 7.50. The van der Waals surface area contributed by atoms with Crippen LogP contribution in [0.2, 0.25) is 0 Å². The molecule has 0 radical (unpaired) electrons. The SMILES string of the molecule is CCOc1ccccc1NC(=O)CCSc1nc(N)c(C#N)c(-c2cccs2)c1C#N. The fourth-order valence-electron chi connectivity index (χ4n) is 2.87. The molecule has 0 aliphatic rings. The zero-order valence-corrected chi connectivity index (χ0v) is 18.3. The fourth-order valence-corrected chi connectivity index (χ4v) is 4.59. The van der Waals surface area contributed by atoms with E-state index in [-0.39, 0.29) is 23.7 Å². The molecule has 156 valence electrons. The lowest BCUT2D eigenvalue weighted by molar-refractivity contribution is -0.115. The minimum atomic E-state index is -0.182. The van der Waals surface area contributed by atoms with Gasteiger partial charge in [-0.1, -0.05) is 18.2 Å². The molecular weight excluding hydrogens is 430 g/mol. The first-order valence-corrected chi connectivity index (χ1v) is 11.3. The molecule has 0 aliphatic carbocycles. The number of amides is 1. The Morgan fingerprint density at radius 1 is 1.23 bits per heavy atom. The van der Waals surface area contributed by atoms with Crippen molar-refractivity contribution in [3.05, 3.63) is 52.9 Å². The number of carbonyl (C=O) groups excluding carboxylic acids is 1. The van der Waals surface area contributed by atoms with E-state index in [2.05, 4.69) is 22.4 Å². The van der Waals surface area contributed by atoms with Crippen molar-refractivity contribution in [2.24, 2.45) is 0 Å². The summed E-state index contributed by atoms with van der Waals surface area (Å²) in [6.07, 6.45) is 0.200. The second-order valence-corrected chi connectivity index (χ2v) is 8.24. The number of hydrogen-bond donors (Lipinski definition) is 2. The van der Waals surface area contributed by atoms with Crippen molar-refractivity contribution in [1.29, 1.82) is 10.5 Å². The second-order valence-electron chi connectivity index (χ2n) is 6.20. The third kappa shape index (κ3) is 5.15. The molecule has 31 heavy (non-hydrogen) atoms. The van der Waals surface area contributed by atoms with Gasteiger partial charge in [0.2, 0.25) is 5.91 Å². The lowest BCUT2D eigenvalue weighted by atomic mass is 10.0. The summed E-state index contributed by atoms with van der Waals surface area (Å²) in [4.78, 5) is 17.4. The minimum absolute atomic E-state index is 0.0718. The molecule has 0 aliphatic heterocycles. The normalized spacial score (nSPS) is 10.2. The number of ether oxygens (including phenoxy) is 1. The van der Waals surface area contributed by atoms with Gasteiger partial charge in [-0.25, -0.2) is 4.98 Å². The smallest absolute Gasteiger partial charge is 0.225 e. The fraction of sp³-hybridized carbons (Fsp3) is 0.182. The van der Waals surface area contributed by atoms with Gasteiger partial charge in [0.1, 0.15) is 34.3 Å². The number of aromatic nitrogens is 1. The van der Waals surface area contributed by atoms with E-state index >= 15 is 0 Å². The summed E-state index contributed by atoms with van der Waals surface area (Å²) in [5, 5.41) is 24.4. The molecule has 1 amide bonds. The summed E-state index contributed by atoms with van der Waals surface area (Å²) in [6, 6.07) is 15.1. The van der Waals surface area contributed by atoms with Crippen molar-refractivity contribution in [3.63, 3.8) is 0 Å². The average molecular weight is 450 g/mol. The molecule has 3 N–H and O–H groups in total. The summed E-state index contributed by atoms with van der Waals surface area (Å²) in [5.74, 6) is 0.889. The highest BCUT2D eigenvalue weighted by molar-refractivity contribution is 7.99. The molecule has 9 heteroatoms. The summed E-state index contributed by atoms with van der Waals surface area (Å²) >= 11 is 2.68. The van der Waals surface area contributed by atoms with Crippen LogP contribution in [-0.2, 0) is 4.79 Å². The average Bonchev–Trinajstić information content (AvgIpc) is 3.29. The van der Waals surface area contributed by atoms with Crippen molar-refractivity contribution < 1.29 is 9.53 Å². The molecule has 0 unspecified atom stereocenters. The predicted octanol–water partition coefficient (Wildman–Crippen LogP) is 4.66. The monoisotopic (exact) mass is 449 g/mol. The Morgan fingerprint density at radius 3 is 2.68 bits per heavy atom. The van der Waals surface area contributed by atoms with Crippen molar-refractivity contribution in [1.82, 2.24) is 4.98 Å². The number of pyridine rings is 1. The number of nitriles is 2. The van der Waals surface area contributed by atoms with Gasteiger partial charge in [0.25, 0.3) is 0 Å². The van der Waals surface area contributed by atoms with Crippen LogP contribution in [0.15, 0.2) is 46.8 Å². The van der Waals surface area contributed by atoms with Gasteiger partial charge >= 0.3 is 0 Å². The van der Waals surface area contributed by atoms with E-state index in [1.54, 1.807) is 12.1 Å². The lowest BCUT2D eigenvalue weighted by Gasteiger charge is -2.12. The van der Waals surface area contributed by atoms with E-state index in [1.165, 1.54) is 23.1 Å². The van der Waals surface area contributed by atoms with Gasteiger partial charge in [-0.3, -0.25) is 4.79 Å². The largest absolute Gasteiger partial charge is 0.492 e. The van der Waals surface area contributed by atoms with Gasteiger partial charge in [0, 0.05) is 22.6 Å². The van der Waals surface area contributed by atoms with Gasteiger partial charge in [-0.2, -0.15) is 10.5 Å². The van der Waals surface area contributed by atoms with Crippen LogP contribution in [0, 0.1) is 22.7 Å². The maximum absolute atomic E-state index is 12.4. The molecule has 0 spiro atoms. The Hall–Kier alpha value is -3.53. The molecule has 3 aromatic rings. The molecule has 3 rings (SSSR count). The summed E-state index contributed by atoms with van der Waals surface area (Å²) in [6.45, 7) is 2.38. The van der Waals surface area contributed by atoms with E-state index in [4.69, 9.17) is 10.5 Å². The molecule has 0 bridgehead atoms. The predicted molar refractivity (Wildman–Crippen MR) is 123 cm³/mol. The van der Waals surface area contributed by atoms with Gasteiger partial charge in [-0.15, -0.1) is 23.1 Å². The third-order valence-electron chi connectivity index (χ3n) is 4.21. The number of nitrogens with one attached hydrogen (secondary N) is 1. The highest BCUT2D eigenvalue weighted by atomic mass is 32.2. The van der Waals surface area contributed by atoms with Crippen LogP contribution in [0.4, 0.5) is 11.5 Å². The van der Waals surface area contributed by atoms with Crippen LogP contribution in [0.3, 0.4) is 0 Å². The van der Waals surface area contributed by atoms with Crippen molar-refractivity contribution >= 4 is 40.5 Å². The first-order chi connectivity index (χ1) is 15.1. The molecule has 1 aromatic carbocycles. The standard InChI is InChI=1S/C22H19N5O2S2/c1-2-29-17-7-4-3-6-16(17)26-19(28)9-11-31-22-15(13-24)20(18-8-5-10-30-18)14(12-23)21(25)27-22/h3-8,10H,2,9,11H2,1H3,(H2,25,27)(H,26,28). The quantitative estimate of drug-likeness (QED) is 0.479. The molecule has 2 aromatic heterocycles. The number of nitrogen functional groups attached to an aromatic ring is 1. The number of rotatable bonds is 8. The van der Waals surface area contributed by atoms with Crippen molar-refractivity contribution in [2.45, 2.75) is 18.4 Å². The highest BCUT2D eigenvalue weighted by Gasteiger charge is 2.21. The maximum Gasteiger partial charge on any atom is 0.225 e. The summed E-state index contributed by atoms with van der Waals surface area (Å²) in [7, 11) is 0. The molecular formula is C22H19N5O2S2. The molecule has 0 saturated heterocycles. The van der Waals surface area contributed by atoms with Crippen LogP contribution in [0.1, 0.15) is 24.5 Å². The van der Waals surface area contributed by atoms with E-state index in [0.29, 0.717) is 39.9 Å². The van der Waals surface area contributed by atoms with Crippen LogP contribution in [0.25, 0.3) is 10.4 Å². The van der Waals surface area contributed by atoms with Gasteiger partial charge < -0.3 is 15.8 Å². The Balaban J connectivity index is 1.75. The number of carbonyl (C=O) groups is 1. The van der Waals surface area contributed by atoms with Gasteiger partial charge in [0.15, 0.2) is 0 Å². The number of para-hydroxylation sites is 2. The Bertz CT molecular complexity index is 1160. The van der Waals surface area contributed by atoms with Crippen LogP contribution in [0.5, 0.6) is 5.75 Å². The molecule has 2 heterocycles. The first kappa shape index (κ1) is 22.2. The second kappa shape index (κ2) is 10.5. The van der Waals surface area contributed by atoms with E-state index in [0.717, 1.165) is 4.88 Å². The third-order valence-corrected chi connectivity index (χ3v) is 6.08. The molecule has 0 saturated carbocycles. The molecule has 7 nitrogen and oxygen atoms in total. The molecule has 0 atom stereocenters. The summed E-state index contributed by atoms with van der Waals surface area (Å²) in [5.41, 5.74) is 7.58. The summed E-state index contributed by atoms with van der Waals surface area (Å²) < 4.78 is 5.52. The van der Waals surface area contributed by atoms with Crippen molar-refractivity contribution in [2.75, 3.05) is 23.4 Å². The Morgan fingerprint density at radius 2 is 2.00 bits per heavy atom. The van der Waals surface area contributed by atoms with E-state index in [1.807, 2.05) is 36.6 Å². The number of thioether (sulfide) groups is 1. The van der Waals surface area contributed by atoms with Crippen LogP contribution in [-0.4, -0.2) is 23.3 Å². The van der Waals surface area contributed by atoms with Crippen molar-refractivity contribution in [3.8, 4) is 28.3 Å². The minimum Gasteiger partial charge on any atom is -0.492 e. The molecule has 0 fully saturated rings. The van der Waals surface area contributed by atoms with Gasteiger partial charge in [0.05, 0.1) is 17.9 Å². The number of nitrogens with zero attached hydrogens (tertiary/aromatic N) is 3. The van der Waals surface area contributed by atoms with E-state index < -0.39 is 0 Å². The van der Waals surface area contributed by atoms with E-state index in [9.17, 15) is 15.3 Å². The maximum atomic E-state index is 12.4. The van der Waals surface area contributed by atoms with Gasteiger partial charge in [-0.05, 0) is 30.5 Å². The zero-order chi connectivity index (χ0) is 22.2. The topological polar surface area (TPSA) is 125 Å². The van der Waals surface area contributed by atoms with Crippen LogP contribution < -0.4 is 15.8 Å². The number of hydrogen-bond acceptors (Lipinski definition) is 8.